The van der Waals surface area contributed by atoms with E-state index in [1.165, 1.54) is 51.4 Å². The van der Waals surface area contributed by atoms with Gasteiger partial charge < -0.3 is 0 Å². The van der Waals surface area contributed by atoms with E-state index in [9.17, 15) is 0 Å². The molecule has 0 spiro atoms. The molecule has 0 unspecified atom stereocenters. The van der Waals surface area contributed by atoms with E-state index in [0.29, 0.717) is 5.41 Å². The fraction of sp³-hybridized carbons (Fsp3) is 1.00. The minimum atomic E-state index is 0.545. The average molecular weight is 240 g/mol. The first-order valence-corrected chi connectivity index (χ1v) is 7.95. The summed E-state index contributed by atoms with van der Waals surface area (Å²) in [5.41, 5.74) is 0.545. The van der Waals surface area contributed by atoms with Crippen molar-refractivity contribution < 1.29 is 0 Å². The summed E-state index contributed by atoms with van der Waals surface area (Å²) in [5.74, 6) is 1.62. The highest BCUT2D eigenvalue weighted by atomic mass is 14.4. The second kappa shape index (κ2) is 9.00. The maximum Gasteiger partial charge on any atom is -0.0280 e. The molecule has 0 bridgehead atoms. The largest absolute Gasteiger partial charge is 0.0654 e. The maximum absolute atomic E-state index is 2.49. The monoisotopic (exact) mass is 240 g/mol. The molecule has 0 amide bonds. The topological polar surface area (TPSA) is 0 Å². The van der Waals surface area contributed by atoms with Gasteiger partial charge in [0, 0.05) is 0 Å². The Morgan fingerprint density at radius 1 is 0.706 bits per heavy atom. The van der Waals surface area contributed by atoms with E-state index < -0.39 is 0 Å². The summed E-state index contributed by atoms with van der Waals surface area (Å²) >= 11 is 0. The number of unbranched alkanes of at least 4 members (excludes halogenated alkanes) is 6. The summed E-state index contributed by atoms with van der Waals surface area (Å²) in [6.45, 7) is 14.3. The van der Waals surface area contributed by atoms with Crippen LogP contribution in [0.2, 0.25) is 0 Å². The van der Waals surface area contributed by atoms with Gasteiger partial charge in [-0.15, -0.1) is 0 Å². The fourth-order valence-electron chi connectivity index (χ4n) is 2.71. The third-order valence-electron chi connectivity index (χ3n) is 4.96. The zero-order valence-corrected chi connectivity index (χ0v) is 13.3. The second-order valence-corrected chi connectivity index (χ2v) is 6.69. The van der Waals surface area contributed by atoms with Gasteiger partial charge in [0.2, 0.25) is 0 Å². The second-order valence-electron chi connectivity index (χ2n) is 6.69. The van der Waals surface area contributed by atoms with Crippen LogP contribution in [-0.2, 0) is 0 Å². The van der Waals surface area contributed by atoms with Crippen molar-refractivity contribution in [3.8, 4) is 0 Å². The lowest BCUT2D eigenvalue weighted by molar-refractivity contribution is 0.119. The molecule has 0 saturated carbocycles. The van der Waals surface area contributed by atoms with E-state index in [4.69, 9.17) is 0 Å². The highest BCUT2D eigenvalue weighted by molar-refractivity contribution is 4.80. The maximum atomic E-state index is 2.49. The summed E-state index contributed by atoms with van der Waals surface area (Å²) in [4.78, 5) is 0. The Hall–Kier alpha value is 0. The molecule has 17 heavy (non-hydrogen) atoms. The minimum Gasteiger partial charge on any atom is -0.0654 e. The number of hydrogen-bond donors (Lipinski definition) is 0. The highest BCUT2D eigenvalue weighted by Gasteiger charge is 2.30. The quantitative estimate of drug-likeness (QED) is 0.385. The van der Waals surface area contributed by atoms with Gasteiger partial charge in [-0.2, -0.15) is 0 Å². The van der Waals surface area contributed by atoms with E-state index in [-0.39, 0.29) is 0 Å². The predicted molar refractivity (Wildman–Crippen MR) is 80.4 cm³/mol. The molecule has 0 nitrogen and oxygen atoms in total. The van der Waals surface area contributed by atoms with Crippen LogP contribution in [0.5, 0.6) is 0 Å². The van der Waals surface area contributed by atoms with Gasteiger partial charge >= 0.3 is 0 Å². The molecular formula is C17H36. The summed E-state index contributed by atoms with van der Waals surface area (Å²) in [6, 6.07) is 0. The normalized spacial score (nSPS) is 12.7. The molecule has 0 aromatic heterocycles. The summed E-state index contributed by atoms with van der Waals surface area (Å²) in [5, 5.41) is 0. The molecule has 0 atom stereocenters. The van der Waals surface area contributed by atoms with Gasteiger partial charge in [-0.05, 0) is 23.7 Å². The fourth-order valence-corrected chi connectivity index (χ4v) is 2.71. The molecule has 104 valence electrons. The molecule has 0 aliphatic carbocycles. The van der Waals surface area contributed by atoms with Crippen LogP contribution in [0.1, 0.15) is 92.9 Å². The molecule has 0 radical (unpaired) electrons. The van der Waals surface area contributed by atoms with Crippen LogP contribution in [0.25, 0.3) is 0 Å². The van der Waals surface area contributed by atoms with Crippen molar-refractivity contribution in [3.05, 3.63) is 0 Å². The molecule has 0 aliphatic rings. The van der Waals surface area contributed by atoms with E-state index in [0.717, 1.165) is 11.8 Å². The Balaban J connectivity index is 3.70. The van der Waals surface area contributed by atoms with Crippen LogP contribution in [0.3, 0.4) is 0 Å². The Bertz CT molecular complexity index is 159. The smallest absolute Gasteiger partial charge is 0.0280 e. The lowest BCUT2D eigenvalue weighted by atomic mass is 9.67. The minimum absolute atomic E-state index is 0.545. The molecule has 0 heterocycles. The lowest BCUT2D eigenvalue weighted by Crippen LogP contribution is -2.29. The molecule has 0 saturated heterocycles. The van der Waals surface area contributed by atoms with Crippen molar-refractivity contribution in [1.82, 2.24) is 0 Å². The Morgan fingerprint density at radius 3 is 1.53 bits per heavy atom. The van der Waals surface area contributed by atoms with Crippen molar-refractivity contribution in [2.24, 2.45) is 17.3 Å². The van der Waals surface area contributed by atoms with Crippen LogP contribution in [0.4, 0.5) is 0 Å². The van der Waals surface area contributed by atoms with E-state index in [1.54, 1.807) is 0 Å². The molecule has 0 heteroatoms. The van der Waals surface area contributed by atoms with Gasteiger partial charge in [-0.25, -0.2) is 0 Å². The first kappa shape index (κ1) is 17.0. The molecular weight excluding hydrogens is 204 g/mol. The third kappa shape index (κ3) is 6.48. The predicted octanol–water partition coefficient (Wildman–Crippen LogP) is 6.45. The first-order valence-electron chi connectivity index (χ1n) is 7.95. The van der Waals surface area contributed by atoms with Gasteiger partial charge in [-0.1, -0.05) is 86.5 Å². The highest BCUT2D eigenvalue weighted by Crippen LogP contribution is 2.40. The molecule has 0 aromatic rings. The van der Waals surface area contributed by atoms with Crippen LogP contribution in [-0.4, -0.2) is 0 Å². The first-order chi connectivity index (χ1) is 7.95. The van der Waals surface area contributed by atoms with E-state index in [2.05, 4.69) is 41.5 Å². The molecule has 0 N–H and O–H groups in total. The van der Waals surface area contributed by atoms with Crippen molar-refractivity contribution in [1.29, 1.82) is 0 Å². The van der Waals surface area contributed by atoms with Gasteiger partial charge in [0.05, 0.1) is 0 Å². The van der Waals surface area contributed by atoms with Crippen LogP contribution in [0.15, 0.2) is 0 Å². The zero-order valence-electron chi connectivity index (χ0n) is 13.3. The van der Waals surface area contributed by atoms with Crippen molar-refractivity contribution >= 4 is 0 Å². The molecule has 0 aliphatic heterocycles. The van der Waals surface area contributed by atoms with Crippen LogP contribution < -0.4 is 0 Å². The summed E-state index contributed by atoms with van der Waals surface area (Å²) < 4.78 is 0. The van der Waals surface area contributed by atoms with Crippen LogP contribution in [0, 0.1) is 17.3 Å². The Labute approximate surface area is 111 Å². The van der Waals surface area contributed by atoms with Crippen molar-refractivity contribution in [3.63, 3.8) is 0 Å². The lowest BCUT2D eigenvalue weighted by Gasteiger charge is -2.38. The summed E-state index contributed by atoms with van der Waals surface area (Å²) in [6.07, 6.45) is 11.4. The van der Waals surface area contributed by atoms with Gasteiger partial charge in [0.25, 0.3) is 0 Å². The average Bonchev–Trinajstić information content (AvgIpc) is 2.27. The SMILES string of the molecule is CCCCCCCCCC(C)(C(C)C)C(C)C. The zero-order chi connectivity index (χ0) is 13.3. The standard InChI is InChI=1S/C17H36/c1-7-8-9-10-11-12-13-14-17(6,15(2)3)16(4)5/h15-16H,7-14H2,1-6H3. The van der Waals surface area contributed by atoms with Gasteiger partial charge in [0.1, 0.15) is 0 Å². The molecule has 0 fully saturated rings. The number of rotatable bonds is 10. The summed E-state index contributed by atoms with van der Waals surface area (Å²) in [7, 11) is 0. The van der Waals surface area contributed by atoms with Gasteiger partial charge in [-0.3, -0.25) is 0 Å². The van der Waals surface area contributed by atoms with Crippen molar-refractivity contribution in [2.45, 2.75) is 92.9 Å². The number of hydrogen-bond acceptors (Lipinski definition) is 0. The van der Waals surface area contributed by atoms with Crippen LogP contribution >= 0.6 is 0 Å². The Kier molecular flexibility index (Phi) is 9.00. The Morgan fingerprint density at radius 2 is 1.12 bits per heavy atom. The third-order valence-corrected chi connectivity index (χ3v) is 4.96. The van der Waals surface area contributed by atoms with Gasteiger partial charge in [0.15, 0.2) is 0 Å². The molecule has 0 rings (SSSR count). The van der Waals surface area contributed by atoms with E-state index in [1.807, 2.05) is 0 Å². The van der Waals surface area contributed by atoms with Crippen molar-refractivity contribution in [2.75, 3.05) is 0 Å². The molecule has 0 aromatic carbocycles. The van der Waals surface area contributed by atoms with E-state index >= 15 is 0 Å².